The van der Waals surface area contributed by atoms with E-state index in [9.17, 15) is 26.3 Å². The minimum atomic E-state index is -4.92. The Labute approximate surface area is 150 Å². The van der Waals surface area contributed by atoms with E-state index in [0.29, 0.717) is 22.2 Å². The number of benzene rings is 2. The summed E-state index contributed by atoms with van der Waals surface area (Å²) in [5.41, 5.74) is -2.52. The molecule has 136 valence electrons. The van der Waals surface area contributed by atoms with Crippen LogP contribution in [0.1, 0.15) is 11.1 Å². The van der Waals surface area contributed by atoms with Gasteiger partial charge < -0.3 is 0 Å². The number of aromatic amines is 1. The zero-order chi connectivity index (χ0) is 19.1. The van der Waals surface area contributed by atoms with Gasteiger partial charge in [0.2, 0.25) is 5.82 Å². The van der Waals surface area contributed by atoms with E-state index in [4.69, 9.17) is 0 Å². The van der Waals surface area contributed by atoms with Gasteiger partial charge in [0.05, 0.1) is 11.1 Å². The van der Waals surface area contributed by atoms with Gasteiger partial charge in [-0.05, 0) is 52.7 Å². The van der Waals surface area contributed by atoms with Gasteiger partial charge >= 0.3 is 12.4 Å². The molecule has 1 N–H and O–H groups in total. The summed E-state index contributed by atoms with van der Waals surface area (Å²) in [4.78, 5) is 0. The average Bonchev–Trinajstić information content (AvgIpc) is 3.07. The number of halogens is 7. The second-order valence-electron chi connectivity index (χ2n) is 5.22. The van der Waals surface area contributed by atoms with Crippen LogP contribution in [0.3, 0.4) is 0 Å². The standard InChI is InChI=1S/C15H7BrF6N4/c16-12-2-1-7(13-23-25-26-24-13)5-11(12)8-3-9(14(17,18)19)6-10(4-8)15(20,21)22/h1-6H,(H,23,24,25,26). The molecule has 0 amide bonds. The Hall–Kier alpha value is -2.43. The lowest BCUT2D eigenvalue weighted by atomic mass is 9.97. The highest BCUT2D eigenvalue weighted by Gasteiger charge is 2.37. The van der Waals surface area contributed by atoms with Crippen LogP contribution in [0.15, 0.2) is 40.9 Å². The maximum atomic E-state index is 13.0. The number of H-pyrrole nitrogens is 1. The van der Waals surface area contributed by atoms with Crippen LogP contribution in [-0.2, 0) is 12.4 Å². The fraction of sp³-hybridized carbons (Fsp3) is 0.133. The zero-order valence-corrected chi connectivity index (χ0v) is 14.0. The molecule has 3 rings (SSSR count). The van der Waals surface area contributed by atoms with Crippen LogP contribution in [0, 0.1) is 0 Å². The van der Waals surface area contributed by atoms with E-state index in [-0.39, 0.29) is 23.0 Å². The lowest BCUT2D eigenvalue weighted by Gasteiger charge is -2.15. The van der Waals surface area contributed by atoms with Gasteiger partial charge in [-0.3, -0.25) is 0 Å². The molecule has 0 aliphatic heterocycles. The fourth-order valence-electron chi connectivity index (χ4n) is 2.28. The average molecular weight is 437 g/mol. The Kier molecular flexibility index (Phi) is 4.51. The Balaban J connectivity index is 2.21. The Morgan fingerprint density at radius 2 is 1.42 bits per heavy atom. The van der Waals surface area contributed by atoms with Gasteiger partial charge in [0.15, 0.2) is 0 Å². The summed E-state index contributed by atoms with van der Waals surface area (Å²) in [6, 6.07) is 5.82. The van der Waals surface area contributed by atoms with Crippen molar-refractivity contribution in [3.8, 4) is 22.5 Å². The van der Waals surface area contributed by atoms with Gasteiger partial charge in [-0.2, -0.15) is 31.6 Å². The first kappa shape index (κ1) is 18.4. The van der Waals surface area contributed by atoms with Crippen molar-refractivity contribution in [1.82, 2.24) is 20.6 Å². The number of rotatable bonds is 2. The summed E-state index contributed by atoms with van der Waals surface area (Å²) in [5.74, 6) is 0.154. The highest BCUT2D eigenvalue weighted by Crippen LogP contribution is 2.40. The first-order valence-electron chi connectivity index (χ1n) is 6.89. The van der Waals surface area contributed by atoms with Crippen LogP contribution in [0.5, 0.6) is 0 Å². The minimum absolute atomic E-state index is 0.0838. The highest BCUT2D eigenvalue weighted by atomic mass is 79.9. The Bertz CT molecular complexity index is 902. The third-order valence-electron chi connectivity index (χ3n) is 3.47. The van der Waals surface area contributed by atoms with Crippen molar-refractivity contribution in [2.75, 3.05) is 0 Å². The third kappa shape index (κ3) is 3.71. The number of hydrogen-bond donors (Lipinski definition) is 1. The predicted octanol–water partition coefficient (Wildman–Crippen LogP) is 5.33. The Morgan fingerprint density at radius 3 is 1.92 bits per heavy atom. The summed E-state index contributed by atoms with van der Waals surface area (Å²) in [5, 5.41) is 13.1. The summed E-state index contributed by atoms with van der Waals surface area (Å²) < 4.78 is 78.6. The van der Waals surface area contributed by atoms with E-state index in [1.165, 1.54) is 12.1 Å². The normalized spacial score (nSPS) is 12.4. The van der Waals surface area contributed by atoms with E-state index < -0.39 is 23.5 Å². The van der Waals surface area contributed by atoms with Gasteiger partial charge in [0, 0.05) is 10.0 Å². The van der Waals surface area contributed by atoms with Crippen LogP contribution in [0.2, 0.25) is 0 Å². The third-order valence-corrected chi connectivity index (χ3v) is 4.16. The second-order valence-corrected chi connectivity index (χ2v) is 6.08. The number of nitrogens with one attached hydrogen (secondary N) is 1. The van der Waals surface area contributed by atoms with Crippen molar-refractivity contribution in [1.29, 1.82) is 0 Å². The van der Waals surface area contributed by atoms with Crippen LogP contribution in [0.25, 0.3) is 22.5 Å². The van der Waals surface area contributed by atoms with Crippen molar-refractivity contribution in [2.24, 2.45) is 0 Å². The lowest BCUT2D eigenvalue weighted by Crippen LogP contribution is -2.11. The number of alkyl halides is 6. The largest absolute Gasteiger partial charge is 0.416 e. The molecule has 0 bridgehead atoms. The molecule has 0 saturated heterocycles. The molecule has 11 heteroatoms. The monoisotopic (exact) mass is 436 g/mol. The topological polar surface area (TPSA) is 54.5 Å². The fourth-order valence-corrected chi connectivity index (χ4v) is 2.76. The van der Waals surface area contributed by atoms with Crippen molar-refractivity contribution < 1.29 is 26.3 Å². The van der Waals surface area contributed by atoms with E-state index in [2.05, 4.69) is 36.6 Å². The molecule has 0 aliphatic rings. The smallest absolute Gasteiger partial charge is 0.177 e. The molecular weight excluding hydrogens is 430 g/mol. The first-order chi connectivity index (χ1) is 12.1. The van der Waals surface area contributed by atoms with Crippen molar-refractivity contribution in [3.05, 3.63) is 52.0 Å². The van der Waals surface area contributed by atoms with E-state index >= 15 is 0 Å². The maximum Gasteiger partial charge on any atom is 0.416 e. The van der Waals surface area contributed by atoms with Gasteiger partial charge in [0.1, 0.15) is 0 Å². The predicted molar refractivity (Wildman–Crippen MR) is 82.8 cm³/mol. The molecular formula is C15H7BrF6N4. The Morgan fingerprint density at radius 1 is 0.808 bits per heavy atom. The number of aromatic nitrogens is 4. The van der Waals surface area contributed by atoms with Crippen LogP contribution in [0.4, 0.5) is 26.3 Å². The molecule has 26 heavy (non-hydrogen) atoms. The van der Waals surface area contributed by atoms with E-state index in [0.717, 1.165) is 0 Å². The van der Waals surface area contributed by atoms with Gasteiger partial charge in [0.25, 0.3) is 0 Å². The van der Waals surface area contributed by atoms with Crippen molar-refractivity contribution >= 4 is 15.9 Å². The molecule has 0 fully saturated rings. The lowest BCUT2D eigenvalue weighted by molar-refractivity contribution is -0.143. The van der Waals surface area contributed by atoms with Gasteiger partial charge in [-0.25, -0.2) is 0 Å². The number of tetrazole rings is 1. The maximum absolute atomic E-state index is 13.0. The highest BCUT2D eigenvalue weighted by molar-refractivity contribution is 9.10. The molecule has 0 spiro atoms. The zero-order valence-electron chi connectivity index (χ0n) is 12.5. The van der Waals surface area contributed by atoms with E-state index in [1.54, 1.807) is 6.07 Å². The van der Waals surface area contributed by atoms with Gasteiger partial charge in [-0.15, -0.1) is 10.2 Å². The van der Waals surface area contributed by atoms with Crippen molar-refractivity contribution in [3.63, 3.8) is 0 Å². The van der Waals surface area contributed by atoms with E-state index in [1.807, 2.05) is 0 Å². The molecule has 0 radical (unpaired) electrons. The molecule has 0 unspecified atom stereocenters. The molecule has 1 aromatic heterocycles. The summed E-state index contributed by atoms with van der Waals surface area (Å²) >= 11 is 3.15. The molecule has 1 heterocycles. The number of hydrogen-bond acceptors (Lipinski definition) is 3. The molecule has 0 saturated carbocycles. The summed E-state index contributed by atoms with van der Waals surface area (Å²) in [7, 11) is 0. The molecule has 0 atom stereocenters. The molecule has 4 nitrogen and oxygen atoms in total. The SMILES string of the molecule is FC(F)(F)c1cc(-c2cc(-c3nn[nH]n3)ccc2Br)cc(C(F)(F)F)c1. The summed E-state index contributed by atoms with van der Waals surface area (Å²) in [6.07, 6.45) is -9.85. The quantitative estimate of drug-likeness (QED) is 0.552. The van der Waals surface area contributed by atoms with Crippen LogP contribution >= 0.6 is 15.9 Å². The summed E-state index contributed by atoms with van der Waals surface area (Å²) in [6.45, 7) is 0. The van der Waals surface area contributed by atoms with Crippen LogP contribution in [-0.4, -0.2) is 20.6 Å². The van der Waals surface area contributed by atoms with Gasteiger partial charge in [-0.1, -0.05) is 15.9 Å². The second kappa shape index (κ2) is 6.38. The minimum Gasteiger partial charge on any atom is -0.177 e. The van der Waals surface area contributed by atoms with Crippen molar-refractivity contribution in [2.45, 2.75) is 12.4 Å². The molecule has 0 aliphatic carbocycles. The number of nitrogens with zero attached hydrogens (tertiary/aromatic N) is 3. The first-order valence-corrected chi connectivity index (χ1v) is 7.68. The van der Waals surface area contributed by atoms with Crippen LogP contribution < -0.4 is 0 Å². The molecule has 3 aromatic rings. The molecule has 2 aromatic carbocycles.